The Labute approximate surface area is 106 Å². The zero-order valence-electron chi connectivity index (χ0n) is 9.89. The van der Waals surface area contributed by atoms with Gasteiger partial charge in [0, 0.05) is 22.5 Å². The van der Waals surface area contributed by atoms with Crippen molar-refractivity contribution in [2.24, 2.45) is 5.73 Å². The Kier molecular flexibility index (Phi) is 3.32. The molecule has 2 nitrogen and oxygen atoms in total. The van der Waals surface area contributed by atoms with Gasteiger partial charge in [-0.25, -0.2) is 4.39 Å². The number of phenols is 1. The van der Waals surface area contributed by atoms with Crippen molar-refractivity contribution in [3.63, 3.8) is 0 Å². The van der Waals surface area contributed by atoms with E-state index in [9.17, 15) is 9.50 Å². The molecule has 0 bridgehead atoms. The average Bonchev–Trinajstić information content (AvgIpc) is 2.77. The third-order valence-electron chi connectivity index (χ3n) is 3.93. The zero-order valence-corrected chi connectivity index (χ0v) is 10.6. The molecule has 1 aliphatic rings. The van der Waals surface area contributed by atoms with Crippen molar-refractivity contribution in [3.8, 4) is 5.75 Å². The van der Waals surface area contributed by atoms with Gasteiger partial charge < -0.3 is 10.8 Å². The molecular formula is C13H17ClFNO. The summed E-state index contributed by atoms with van der Waals surface area (Å²) in [4.78, 5) is 0. The molecule has 1 fully saturated rings. The zero-order chi connectivity index (χ0) is 12.6. The number of hydrogen-bond donors (Lipinski definition) is 2. The predicted octanol–water partition coefficient (Wildman–Crippen LogP) is 3.26. The lowest BCUT2D eigenvalue weighted by Crippen LogP contribution is -2.33. The second-order valence-corrected chi connectivity index (χ2v) is 5.29. The number of phenolic OH excluding ortho intramolecular Hbond substituents is 1. The van der Waals surface area contributed by atoms with Gasteiger partial charge >= 0.3 is 0 Å². The average molecular weight is 258 g/mol. The SMILES string of the molecule is Cc1c(Cl)cc(F)c(O)c1C1(CN)CCCC1. The van der Waals surface area contributed by atoms with Gasteiger partial charge in [0.2, 0.25) is 0 Å². The summed E-state index contributed by atoms with van der Waals surface area (Å²) < 4.78 is 13.6. The number of hydrogen-bond acceptors (Lipinski definition) is 2. The van der Waals surface area contributed by atoms with Crippen LogP contribution in [0.15, 0.2) is 6.07 Å². The van der Waals surface area contributed by atoms with Crippen LogP contribution in [0.2, 0.25) is 5.02 Å². The third-order valence-corrected chi connectivity index (χ3v) is 4.32. The first-order valence-corrected chi connectivity index (χ1v) is 6.28. The molecule has 0 amide bonds. The molecule has 2 rings (SSSR count). The molecule has 0 unspecified atom stereocenters. The minimum atomic E-state index is -0.657. The smallest absolute Gasteiger partial charge is 0.166 e. The Morgan fingerprint density at radius 2 is 2.06 bits per heavy atom. The number of halogens is 2. The molecule has 0 aromatic heterocycles. The molecule has 0 radical (unpaired) electrons. The van der Waals surface area contributed by atoms with Crippen LogP contribution in [-0.4, -0.2) is 11.7 Å². The van der Waals surface area contributed by atoms with Gasteiger partial charge in [-0.05, 0) is 31.4 Å². The molecule has 1 aromatic rings. The van der Waals surface area contributed by atoms with Gasteiger partial charge in [-0.2, -0.15) is 0 Å². The molecule has 1 saturated carbocycles. The largest absolute Gasteiger partial charge is 0.505 e. The highest BCUT2D eigenvalue weighted by atomic mass is 35.5. The van der Waals surface area contributed by atoms with Crippen LogP contribution in [0.1, 0.15) is 36.8 Å². The molecule has 17 heavy (non-hydrogen) atoms. The van der Waals surface area contributed by atoms with Crippen molar-refractivity contribution < 1.29 is 9.50 Å². The topological polar surface area (TPSA) is 46.2 Å². The van der Waals surface area contributed by atoms with Crippen molar-refractivity contribution in [1.82, 2.24) is 0 Å². The quantitative estimate of drug-likeness (QED) is 0.854. The van der Waals surface area contributed by atoms with Gasteiger partial charge in [0.25, 0.3) is 0 Å². The highest BCUT2D eigenvalue weighted by Crippen LogP contribution is 2.47. The summed E-state index contributed by atoms with van der Waals surface area (Å²) in [6.07, 6.45) is 3.89. The lowest BCUT2D eigenvalue weighted by Gasteiger charge is -2.30. The molecule has 0 heterocycles. The van der Waals surface area contributed by atoms with Crippen molar-refractivity contribution in [1.29, 1.82) is 0 Å². The Morgan fingerprint density at radius 3 is 2.59 bits per heavy atom. The van der Waals surface area contributed by atoms with Gasteiger partial charge in [-0.15, -0.1) is 0 Å². The highest BCUT2D eigenvalue weighted by Gasteiger charge is 2.38. The predicted molar refractivity (Wildman–Crippen MR) is 67.0 cm³/mol. The maximum Gasteiger partial charge on any atom is 0.166 e. The second-order valence-electron chi connectivity index (χ2n) is 4.88. The van der Waals surface area contributed by atoms with Crippen LogP contribution in [0.25, 0.3) is 0 Å². The van der Waals surface area contributed by atoms with Crippen LogP contribution in [0, 0.1) is 12.7 Å². The number of benzene rings is 1. The van der Waals surface area contributed by atoms with Crippen molar-refractivity contribution in [2.45, 2.75) is 38.0 Å². The summed E-state index contributed by atoms with van der Waals surface area (Å²) in [5.41, 5.74) is 6.92. The first kappa shape index (κ1) is 12.7. The minimum Gasteiger partial charge on any atom is -0.505 e. The fraction of sp³-hybridized carbons (Fsp3) is 0.538. The first-order valence-electron chi connectivity index (χ1n) is 5.90. The molecule has 1 aromatic carbocycles. The molecule has 94 valence electrons. The van der Waals surface area contributed by atoms with Gasteiger partial charge in [0.05, 0.1) is 0 Å². The van der Waals surface area contributed by atoms with Crippen molar-refractivity contribution in [3.05, 3.63) is 28.0 Å². The molecule has 0 spiro atoms. The Balaban J connectivity index is 2.65. The van der Waals surface area contributed by atoms with Gasteiger partial charge in [-0.3, -0.25) is 0 Å². The molecular weight excluding hydrogens is 241 g/mol. The molecule has 4 heteroatoms. The lowest BCUT2D eigenvalue weighted by atomic mass is 9.76. The summed E-state index contributed by atoms with van der Waals surface area (Å²) in [6.45, 7) is 2.23. The Morgan fingerprint density at radius 1 is 1.47 bits per heavy atom. The highest BCUT2D eigenvalue weighted by molar-refractivity contribution is 6.31. The van der Waals surface area contributed by atoms with Crippen LogP contribution in [0.5, 0.6) is 5.75 Å². The van der Waals surface area contributed by atoms with E-state index in [1.807, 2.05) is 6.92 Å². The number of aromatic hydroxyl groups is 1. The molecule has 1 aliphatic carbocycles. The van der Waals surface area contributed by atoms with E-state index >= 15 is 0 Å². The van der Waals surface area contributed by atoms with Crippen molar-refractivity contribution in [2.75, 3.05) is 6.54 Å². The number of nitrogens with two attached hydrogens (primary N) is 1. The summed E-state index contributed by atoms with van der Waals surface area (Å²) in [7, 11) is 0. The third kappa shape index (κ3) is 1.91. The summed E-state index contributed by atoms with van der Waals surface area (Å²) in [5.74, 6) is -0.936. The van der Waals surface area contributed by atoms with E-state index in [4.69, 9.17) is 17.3 Å². The van der Waals surface area contributed by atoms with Crippen LogP contribution in [0.3, 0.4) is 0 Å². The number of rotatable bonds is 2. The maximum atomic E-state index is 13.6. The second kappa shape index (κ2) is 4.46. The van der Waals surface area contributed by atoms with E-state index in [-0.39, 0.29) is 11.2 Å². The standard InChI is InChI=1S/C13H17ClFNO/c1-8-9(14)6-10(15)12(17)11(8)13(7-16)4-2-3-5-13/h6,17H,2-5,7,16H2,1H3. The maximum absolute atomic E-state index is 13.6. The van der Waals surface area contributed by atoms with Crippen LogP contribution in [0.4, 0.5) is 4.39 Å². The minimum absolute atomic E-state index is 0.278. The first-order chi connectivity index (χ1) is 8.02. The van der Waals surface area contributed by atoms with Crippen LogP contribution < -0.4 is 5.73 Å². The fourth-order valence-corrected chi connectivity index (χ4v) is 3.15. The lowest BCUT2D eigenvalue weighted by molar-refractivity contribution is 0.381. The van der Waals surface area contributed by atoms with E-state index in [0.29, 0.717) is 17.1 Å². The molecule has 0 atom stereocenters. The van der Waals surface area contributed by atoms with Gasteiger partial charge in [0.15, 0.2) is 11.6 Å². The van der Waals surface area contributed by atoms with E-state index in [1.165, 1.54) is 0 Å². The molecule has 3 N–H and O–H groups in total. The summed E-state index contributed by atoms with van der Waals surface area (Å²) in [6, 6.07) is 1.16. The van der Waals surface area contributed by atoms with E-state index in [1.54, 1.807) is 0 Å². The molecule has 0 saturated heterocycles. The summed E-state index contributed by atoms with van der Waals surface area (Å²) in [5, 5.41) is 10.3. The van der Waals surface area contributed by atoms with Crippen molar-refractivity contribution >= 4 is 11.6 Å². The van der Waals surface area contributed by atoms with Crippen LogP contribution in [-0.2, 0) is 5.41 Å². The normalized spacial score (nSPS) is 18.6. The Hall–Kier alpha value is -0.800. The van der Waals surface area contributed by atoms with E-state index in [2.05, 4.69) is 0 Å². The van der Waals surface area contributed by atoms with Crippen LogP contribution >= 0.6 is 11.6 Å². The monoisotopic (exact) mass is 257 g/mol. The van der Waals surface area contributed by atoms with E-state index < -0.39 is 5.82 Å². The van der Waals surface area contributed by atoms with E-state index in [0.717, 1.165) is 37.3 Å². The van der Waals surface area contributed by atoms with Gasteiger partial charge in [0.1, 0.15) is 0 Å². The molecule has 0 aliphatic heterocycles. The van der Waals surface area contributed by atoms with Gasteiger partial charge in [-0.1, -0.05) is 24.4 Å². The summed E-state index contributed by atoms with van der Waals surface area (Å²) >= 11 is 6.00. The fourth-order valence-electron chi connectivity index (χ4n) is 2.96. The Bertz CT molecular complexity index is 415.